The van der Waals surface area contributed by atoms with E-state index in [1.165, 1.54) is 7.11 Å². The first-order valence-electron chi connectivity index (χ1n) is 7.53. The van der Waals surface area contributed by atoms with E-state index >= 15 is 0 Å². The van der Waals surface area contributed by atoms with Crippen LogP contribution >= 0.6 is 0 Å². The van der Waals surface area contributed by atoms with Gasteiger partial charge < -0.3 is 10.1 Å². The van der Waals surface area contributed by atoms with Gasteiger partial charge in [0.15, 0.2) is 0 Å². The molecule has 5 nitrogen and oxygen atoms in total. The molecule has 1 heterocycles. The van der Waals surface area contributed by atoms with E-state index in [9.17, 15) is 9.00 Å². The van der Waals surface area contributed by atoms with Crippen molar-refractivity contribution in [3.8, 4) is 0 Å². The van der Waals surface area contributed by atoms with E-state index in [0.717, 1.165) is 50.4 Å². The summed E-state index contributed by atoms with van der Waals surface area (Å²) >= 11 is 0. The fraction of sp³-hybridized carbons (Fsp3) is 0.929. The highest BCUT2D eigenvalue weighted by Gasteiger charge is 2.52. The summed E-state index contributed by atoms with van der Waals surface area (Å²) in [6.07, 6.45) is 3.17. The van der Waals surface area contributed by atoms with Crippen LogP contribution in [0.2, 0.25) is 0 Å². The van der Waals surface area contributed by atoms with Crippen molar-refractivity contribution in [3.05, 3.63) is 0 Å². The lowest BCUT2D eigenvalue weighted by Crippen LogP contribution is -2.62. The van der Waals surface area contributed by atoms with Crippen molar-refractivity contribution in [3.63, 3.8) is 0 Å². The quantitative estimate of drug-likeness (QED) is 0.689. The smallest absolute Gasteiger partial charge is 0.327 e. The van der Waals surface area contributed by atoms with Gasteiger partial charge in [-0.2, -0.15) is 0 Å². The molecule has 6 heteroatoms. The summed E-state index contributed by atoms with van der Waals surface area (Å²) in [5, 5.41) is 3.46. The molecule has 1 saturated heterocycles. The van der Waals surface area contributed by atoms with Gasteiger partial charge in [0, 0.05) is 41.9 Å². The second kappa shape index (κ2) is 7.00. The van der Waals surface area contributed by atoms with Crippen LogP contribution in [-0.4, -0.2) is 65.4 Å². The van der Waals surface area contributed by atoms with Crippen LogP contribution in [0.5, 0.6) is 0 Å². The third-order valence-corrected chi connectivity index (χ3v) is 5.53. The monoisotopic (exact) mass is 302 g/mol. The molecular formula is C14H26N2O3S. The normalized spacial score (nSPS) is 24.3. The van der Waals surface area contributed by atoms with E-state index < -0.39 is 16.3 Å². The lowest BCUT2D eigenvalue weighted by Gasteiger charge is -2.38. The van der Waals surface area contributed by atoms with E-state index in [-0.39, 0.29) is 5.97 Å². The molecule has 1 atom stereocenters. The lowest BCUT2D eigenvalue weighted by molar-refractivity contribution is -0.150. The summed E-state index contributed by atoms with van der Waals surface area (Å²) < 4.78 is 16.5. The van der Waals surface area contributed by atoms with Crippen LogP contribution in [0.15, 0.2) is 0 Å². The molecule has 2 aliphatic rings. The number of hydrogen-bond acceptors (Lipinski definition) is 5. The average molecular weight is 302 g/mol. The van der Waals surface area contributed by atoms with Gasteiger partial charge >= 0.3 is 5.97 Å². The van der Waals surface area contributed by atoms with Gasteiger partial charge in [-0.3, -0.25) is 9.11 Å². The fourth-order valence-corrected chi connectivity index (χ4v) is 4.05. The molecule has 1 aliphatic heterocycles. The summed E-state index contributed by atoms with van der Waals surface area (Å²) in [6, 6.07) is 0. The van der Waals surface area contributed by atoms with Crippen molar-refractivity contribution in [2.75, 3.05) is 44.8 Å². The molecule has 0 radical (unpaired) electrons. The summed E-state index contributed by atoms with van der Waals surface area (Å²) in [6.45, 7) is 5.23. The first kappa shape index (κ1) is 15.9. The molecule has 0 aromatic rings. The first-order valence-corrected chi connectivity index (χ1v) is 9.02. The Labute approximate surface area is 123 Å². The number of ether oxygens (including phenoxy) is 1. The van der Waals surface area contributed by atoms with Crippen LogP contribution in [0.1, 0.15) is 26.2 Å². The maximum absolute atomic E-state index is 12.4. The third-order valence-electron chi connectivity index (χ3n) is 4.26. The fourth-order valence-electron chi connectivity index (χ4n) is 2.93. The summed E-state index contributed by atoms with van der Waals surface area (Å²) in [4.78, 5) is 14.7. The van der Waals surface area contributed by atoms with E-state index in [4.69, 9.17) is 4.74 Å². The summed E-state index contributed by atoms with van der Waals surface area (Å²) in [5.41, 5.74) is -0.566. The number of methoxy groups -OCH3 is 1. The Bertz CT molecular complexity index is 363. The molecule has 0 aromatic carbocycles. The molecular weight excluding hydrogens is 276 g/mol. The Morgan fingerprint density at radius 3 is 2.55 bits per heavy atom. The van der Waals surface area contributed by atoms with Crippen molar-refractivity contribution in [2.45, 2.75) is 31.7 Å². The van der Waals surface area contributed by atoms with E-state index in [0.29, 0.717) is 12.5 Å². The van der Waals surface area contributed by atoms with Crippen molar-refractivity contribution in [1.82, 2.24) is 10.2 Å². The van der Waals surface area contributed by atoms with Gasteiger partial charge in [-0.15, -0.1) is 0 Å². The van der Waals surface area contributed by atoms with Crippen molar-refractivity contribution in [1.29, 1.82) is 0 Å². The van der Waals surface area contributed by atoms with Gasteiger partial charge in [0.2, 0.25) is 0 Å². The second-order valence-electron chi connectivity index (χ2n) is 5.79. The number of carbonyl (C=O) groups is 1. The number of nitrogens with one attached hydrogen (secondary N) is 1. The molecule has 0 spiro atoms. The number of hydrogen-bond donors (Lipinski definition) is 1. The SMILES string of the molecule is CCCNC(CN1CCS(=O)CC1)(C(=O)OC)C1CC1. The molecule has 0 bridgehead atoms. The highest BCUT2D eigenvalue weighted by Crippen LogP contribution is 2.41. The van der Waals surface area contributed by atoms with Crippen LogP contribution < -0.4 is 5.32 Å². The number of nitrogens with zero attached hydrogens (tertiary/aromatic N) is 1. The van der Waals surface area contributed by atoms with Crippen LogP contribution in [0, 0.1) is 5.92 Å². The molecule has 0 aromatic heterocycles. The lowest BCUT2D eigenvalue weighted by atomic mass is 9.91. The minimum Gasteiger partial charge on any atom is -0.468 e. The van der Waals surface area contributed by atoms with Crippen molar-refractivity contribution in [2.24, 2.45) is 5.92 Å². The van der Waals surface area contributed by atoms with Gasteiger partial charge in [0.25, 0.3) is 0 Å². The molecule has 1 aliphatic carbocycles. The number of carbonyl (C=O) groups excluding carboxylic acids is 1. The number of rotatable bonds is 7. The summed E-state index contributed by atoms with van der Waals surface area (Å²) in [5.74, 6) is 1.68. The summed E-state index contributed by atoms with van der Waals surface area (Å²) in [7, 11) is 0.790. The maximum Gasteiger partial charge on any atom is 0.327 e. The Morgan fingerprint density at radius 2 is 2.05 bits per heavy atom. The predicted octanol–water partition coefficient (Wildman–Crippen LogP) is 0.372. The highest BCUT2D eigenvalue weighted by atomic mass is 32.2. The van der Waals surface area contributed by atoms with Crippen LogP contribution in [0.4, 0.5) is 0 Å². The van der Waals surface area contributed by atoms with Gasteiger partial charge in [-0.05, 0) is 31.7 Å². The minimum atomic E-state index is -0.680. The zero-order valence-corrected chi connectivity index (χ0v) is 13.3. The molecule has 1 unspecified atom stereocenters. The third kappa shape index (κ3) is 3.59. The Morgan fingerprint density at radius 1 is 1.40 bits per heavy atom. The molecule has 2 rings (SSSR count). The van der Waals surface area contributed by atoms with Gasteiger partial charge in [-0.25, -0.2) is 4.79 Å². The Hall–Kier alpha value is -0.460. The standard InChI is InChI=1S/C14H26N2O3S/c1-3-6-15-14(12-4-5-12,13(17)19-2)11-16-7-9-20(18)10-8-16/h12,15H,3-11H2,1-2H3. The number of esters is 1. The minimum absolute atomic E-state index is 0.139. The zero-order valence-electron chi connectivity index (χ0n) is 12.5. The second-order valence-corrected chi connectivity index (χ2v) is 7.48. The molecule has 1 N–H and O–H groups in total. The largest absolute Gasteiger partial charge is 0.468 e. The molecule has 0 amide bonds. The van der Waals surface area contributed by atoms with E-state index in [2.05, 4.69) is 17.1 Å². The van der Waals surface area contributed by atoms with Gasteiger partial charge in [0.05, 0.1) is 7.11 Å². The van der Waals surface area contributed by atoms with Gasteiger partial charge in [-0.1, -0.05) is 6.92 Å². The van der Waals surface area contributed by atoms with Crippen LogP contribution in [0.3, 0.4) is 0 Å². The first-order chi connectivity index (χ1) is 9.62. The molecule has 2 fully saturated rings. The molecule has 116 valence electrons. The van der Waals surface area contributed by atoms with Crippen molar-refractivity contribution >= 4 is 16.8 Å². The highest BCUT2D eigenvalue weighted by molar-refractivity contribution is 7.85. The van der Waals surface area contributed by atoms with Crippen LogP contribution in [-0.2, 0) is 20.3 Å². The van der Waals surface area contributed by atoms with Crippen LogP contribution in [0.25, 0.3) is 0 Å². The Kier molecular flexibility index (Phi) is 5.57. The maximum atomic E-state index is 12.4. The topological polar surface area (TPSA) is 58.6 Å². The predicted molar refractivity (Wildman–Crippen MR) is 80.1 cm³/mol. The van der Waals surface area contributed by atoms with Crippen molar-refractivity contribution < 1.29 is 13.7 Å². The molecule has 20 heavy (non-hydrogen) atoms. The van der Waals surface area contributed by atoms with Gasteiger partial charge in [0.1, 0.15) is 5.54 Å². The van der Waals surface area contributed by atoms with E-state index in [1.807, 2.05) is 0 Å². The van der Waals surface area contributed by atoms with E-state index in [1.54, 1.807) is 0 Å². The molecule has 1 saturated carbocycles. The average Bonchev–Trinajstić information content (AvgIpc) is 3.30. The Balaban J connectivity index is 2.07. The zero-order chi connectivity index (χ0) is 14.6.